The summed E-state index contributed by atoms with van der Waals surface area (Å²) in [6.45, 7) is 1.95. The van der Waals surface area contributed by atoms with Gasteiger partial charge in [0, 0.05) is 16.4 Å². The molecule has 3 rings (SSSR count). The molecular weight excluding hydrogens is 356 g/mol. The standard InChI is InChI=1S/C14H11BrN2OS2/c1-9-11(8-20-13-5-4-10(15)7-16-13)17-14(18-9)12-3-2-6-19-12/h2-7H,8H2,1H3. The average Bonchev–Trinajstić information content (AvgIpc) is 3.08. The Morgan fingerprint density at radius 2 is 2.25 bits per heavy atom. The molecule has 6 heteroatoms. The number of oxazole rings is 1. The van der Waals surface area contributed by atoms with E-state index in [1.54, 1.807) is 29.3 Å². The van der Waals surface area contributed by atoms with Gasteiger partial charge in [0.1, 0.15) is 5.76 Å². The molecule has 3 aromatic heterocycles. The van der Waals surface area contributed by atoms with Crippen molar-refractivity contribution < 1.29 is 4.42 Å². The Bertz CT molecular complexity index is 693. The molecular formula is C14H11BrN2OS2. The second-order valence-corrected chi connectivity index (χ2v) is 6.96. The number of rotatable bonds is 4. The van der Waals surface area contributed by atoms with Gasteiger partial charge in [0.15, 0.2) is 0 Å². The summed E-state index contributed by atoms with van der Waals surface area (Å²) in [5.74, 6) is 2.34. The van der Waals surface area contributed by atoms with Crippen LogP contribution in [0.25, 0.3) is 10.8 Å². The highest BCUT2D eigenvalue weighted by Crippen LogP contribution is 2.29. The van der Waals surface area contributed by atoms with Gasteiger partial charge >= 0.3 is 0 Å². The van der Waals surface area contributed by atoms with Crippen LogP contribution in [0.4, 0.5) is 0 Å². The van der Waals surface area contributed by atoms with Crippen molar-refractivity contribution in [2.24, 2.45) is 0 Å². The van der Waals surface area contributed by atoms with E-state index in [2.05, 4.69) is 25.9 Å². The van der Waals surface area contributed by atoms with Gasteiger partial charge in [0.2, 0.25) is 5.89 Å². The van der Waals surface area contributed by atoms with Crippen LogP contribution < -0.4 is 0 Å². The van der Waals surface area contributed by atoms with Crippen molar-refractivity contribution in [3.8, 4) is 10.8 Å². The number of thiophene rings is 1. The topological polar surface area (TPSA) is 38.9 Å². The van der Waals surface area contributed by atoms with Crippen molar-refractivity contribution in [3.63, 3.8) is 0 Å². The third-order valence-electron chi connectivity index (χ3n) is 2.68. The first kappa shape index (κ1) is 13.9. The molecule has 0 bridgehead atoms. The third kappa shape index (κ3) is 3.13. The summed E-state index contributed by atoms with van der Waals surface area (Å²) in [7, 11) is 0. The minimum Gasteiger partial charge on any atom is -0.440 e. The molecule has 0 amide bonds. The van der Waals surface area contributed by atoms with Gasteiger partial charge in [0.05, 0.1) is 15.6 Å². The molecule has 0 aliphatic rings. The number of hydrogen-bond donors (Lipinski definition) is 0. The third-order valence-corrected chi connectivity index (χ3v) is 4.96. The Labute approximate surface area is 133 Å². The molecule has 3 nitrogen and oxygen atoms in total. The Morgan fingerprint density at radius 1 is 1.35 bits per heavy atom. The molecule has 0 aliphatic heterocycles. The first-order chi connectivity index (χ1) is 9.72. The van der Waals surface area contributed by atoms with Gasteiger partial charge in [-0.25, -0.2) is 9.97 Å². The number of pyridine rings is 1. The largest absolute Gasteiger partial charge is 0.440 e. The molecule has 102 valence electrons. The SMILES string of the molecule is Cc1oc(-c2cccs2)nc1CSc1ccc(Br)cn1. The zero-order chi connectivity index (χ0) is 13.9. The number of aromatic nitrogens is 2. The van der Waals surface area contributed by atoms with Crippen molar-refractivity contribution in [1.82, 2.24) is 9.97 Å². The summed E-state index contributed by atoms with van der Waals surface area (Å²) in [5.41, 5.74) is 0.975. The quantitative estimate of drug-likeness (QED) is 0.597. The lowest BCUT2D eigenvalue weighted by Crippen LogP contribution is -1.86. The van der Waals surface area contributed by atoms with Gasteiger partial charge in [-0.15, -0.1) is 11.3 Å². The maximum atomic E-state index is 5.72. The van der Waals surface area contributed by atoms with E-state index in [1.165, 1.54) is 0 Å². The molecule has 0 N–H and O–H groups in total. The fourth-order valence-electron chi connectivity index (χ4n) is 1.66. The zero-order valence-electron chi connectivity index (χ0n) is 10.7. The van der Waals surface area contributed by atoms with Crippen molar-refractivity contribution in [2.45, 2.75) is 17.7 Å². The van der Waals surface area contributed by atoms with Gasteiger partial charge in [-0.05, 0) is 46.4 Å². The van der Waals surface area contributed by atoms with Gasteiger partial charge < -0.3 is 4.42 Å². The van der Waals surface area contributed by atoms with Crippen LogP contribution in [0, 0.1) is 6.92 Å². The fourth-order valence-corrected chi connectivity index (χ4v) is 3.38. The highest BCUT2D eigenvalue weighted by molar-refractivity contribution is 9.10. The summed E-state index contributed by atoms with van der Waals surface area (Å²) in [4.78, 5) is 9.97. The second kappa shape index (κ2) is 6.11. The van der Waals surface area contributed by atoms with Gasteiger partial charge in [-0.1, -0.05) is 17.8 Å². The second-order valence-electron chi connectivity index (χ2n) is 4.10. The molecule has 0 spiro atoms. The fraction of sp³-hybridized carbons (Fsp3) is 0.143. The summed E-state index contributed by atoms with van der Waals surface area (Å²) < 4.78 is 6.71. The monoisotopic (exact) mass is 366 g/mol. The Hall–Kier alpha value is -1.11. The van der Waals surface area contributed by atoms with Crippen LogP contribution >= 0.6 is 39.0 Å². The number of halogens is 1. The molecule has 0 atom stereocenters. The molecule has 0 aromatic carbocycles. The number of nitrogens with zero attached hydrogens (tertiary/aromatic N) is 2. The van der Waals surface area contributed by atoms with Crippen LogP contribution in [0.5, 0.6) is 0 Å². The van der Waals surface area contributed by atoms with Crippen molar-refractivity contribution in [1.29, 1.82) is 0 Å². The normalized spacial score (nSPS) is 10.9. The Morgan fingerprint density at radius 3 is 2.95 bits per heavy atom. The summed E-state index contributed by atoms with van der Waals surface area (Å²) in [6.07, 6.45) is 1.80. The predicted octanol–water partition coefficient (Wildman–Crippen LogP) is 5.16. The van der Waals surface area contributed by atoms with E-state index >= 15 is 0 Å². The van der Waals surface area contributed by atoms with E-state index < -0.39 is 0 Å². The van der Waals surface area contributed by atoms with Crippen molar-refractivity contribution in [3.05, 3.63) is 51.8 Å². The number of thioether (sulfide) groups is 1. The molecule has 0 unspecified atom stereocenters. The highest BCUT2D eigenvalue weighted by atomic mass is 79.9. The number of aryl methyl sites for hydroxylation is 1. The minimum atomic E-state index is 0.705. The van der Waals surface area contributed by atoms with E-state index in [-0.39, 0.29) is 0 Å². The van der Waals surface area contributed by atoms with Crippen LogP contribution in [0.2, 0.25) is 0 Å². The molecule has 0 aliphatic carbocycles. The Kier molecular flexibility index (Phi) is 4.24. The minimum absolute atomic E-state index is 0.705. The van der Waals surface area contributed by atoms with Gasteiger partial charge in [-0.2, -0.15) is 0 Å². The first-order valence-electron chi connectivity index (χ1n) is 5.97. The molecule has 3 aromatic rings. The molecule has 3 heterocycles. The van der Waals surface area contributed by atoms with E-state index in [0.717, 1.165) is 31.6 Å². The van der Waals surface area contributed by atoms with Gasteiger partial charge in [0.25, 0.3) is 0 Å². The highest BCUT2D eigenvalue weighted by Gasteiger charge is 2.12. The van der Waals surface area contributed by atoms with Gasteiger partial charge in [-0.3, -0.25) is 0 Å². The maximum Gasteiger partial charge on any atom is 0.236 e. The Balaban J connectivity index is 1.73. The molecule has 0 saturated heterocycles. The van der Waals surface area contributed by atoms with Crippen molar-refractivity contribution >= 4 is 39.0 Å². The van der Waals surface area contributed by atoms with Crippen LogP contribution in [0.1, 0.15) is 11.5 Å². The van der Waals surface area contributed by atoms with Crippen LogP contribution in [0.15, 0.2) is 49.8 Å². The molecule has 0 saturated carbocycles. The van der Waals surface area contributed by atoms with Crippen LogP contribution in [-0.2, 0) is 5.75 Å². The lowest BCUT2D eigenvalue weighted by molar-refractivity contribution is 0.542. The summed E-state index contributed by atoms with van der Waals surface area (Å²) in [5, 5.41) is 3.00. The van der Waals surface area contributed by atoms with E-state index in [9.17, 15) is 0 Å². The summed E-state index contributed by atoms with van der Waals surface area (Å²) in [6, 6.07) is 8.00. The molecule has 0 radical (unpaired) electrons. The van der Waals surface area contributed by atoms with E-state index in [4.69, 9.17) is 4.42 Å². The average molecular weight is 367 g/mol. The predicted molar refractivity (Wildman–Crippen MR) is 86.1 cm³/mol. The van der Waals surface area contributed by atoms with Crippen LogP contribution in [-0.4, -0.2) is 9.97 Å². The molecule has 0 fully saturated rings. The van der Waals surface area contributed by atoms with Crippen molar-refractivity contribution in [2.75, 3.05) is 0 Å². The van der Waals surface area contributed by atoms with Crippen LogP contribution in [0.3, 0.4) is 0 Å². The molecule has 20 heavy (non-hydrogen) atoms. The van der Waals surface area contributed by atoms with E-state index in [1.807, 2.05) is 36.6 Å². The number of hydrogen-bond acceptors (Lipinski definition) is 5. The lowest BCUT2D eigenvalue weighted by Gasteiger charge is -1.98. The summed E-state index contributed by atoms with van der Waals surface area (Å²) >= 11 is 6.67. The first-order valence-corrected chi connectivity index (χ1v) is 8.63. The lowest BCUT2D eigenvalue weighted by atomic mass is 10.4. The smallest absolute Gasteiger partial charge is 0.236 e. The zero-order valence-corrected chi connectivity index (χ0v) is 13.9. The maximum absolute atomic E-state index is 5.72. The van der Waals surface area contributed by atoms with E-state index in [0.29, 0.717) is 5.89 Å².